The average Bonchev–Trinajstić information content (AvgIpc) is 2.65. The van der Waals surface area contributed by atoms with Crippen LogP contribution >= 0.6 is 0 Å². The lowest BCUT2D eigenvalue weighted by atomic mass is 10.2. The Balaban J connectivity index is 1.95. The van der Waals surface area contributed by atoms with Crippen molar-refractivity contribution < 1.29 is 4.84 Å². The summed E-state index contributed by atoms with van der Waals surface area (Å²) in [4.78, 5) is 9.31. The number of rotatable bonds is 2. The molecule has 4 nitrogen and oxygen atoms in total. The van der Waals surface area contributed by atoms with Gasteiger partial charge < -0.3 is 4.57 Å². The molecule has 4 heteroatoms. The first kappa shape index (κ1) is 7.76. The van der Waals surface area contributed by atoms with Crippen LogP contribution in [0.2, 0.25) is 0 Å². The van der Waals surface area contributed by atoms with E-state index >= 15 is 0 Å². The number of aromatic nitrogens is 2. The average molecular weight is 167 g/mol. The quantitative estimate of drug-likeness (QED) is 0.643. The normalized spacial score (nSPS) is 24.9. The van der Waals surface area contributed by atoms with Crippen molar-refractivity contribution in [1.29, 1.82) is 0 Å². The Bertz CT molecular complexity index is 234. The molecule has 2 heterocycles. The number of likely N-dealkylation sites (N-methyl/N-ethyl adjacent to an activating group) is 1. The summed E-state index contributed by atoms with van der Waals surface area (Å²) < 4.78 is 2.08. The summed E-state index contributed by atoms with van der Waals surface area (Å²) in [6, 6.07) is 0.499. The molecule has 1 aromatic heterocycles. The minimum atomic E-state index is 0.499. The Labute approximate surface area is 71.7 Å². The largest absolute Gasteiger partial charge is 0.336 e. The van der Waals surface area contributed by atoms with Crippen molar-refractivity contribution in [2.24, 2.45) is 0 Å². The molecule has 1 saturated heterocycles. The van der Waals surface area contributed by atoms with Crippen LogP contribution in [0.25, 0.3) is 0 Å². The van der Waals surface area contributed by atoms with Crippen molar-refractivity contribution in [2.45, 2.75) is 19.0 Å². The fraction of sp³-hybridized carbons (Fsp3) is 0.625. The predicted octanol–water partition coefficient (Wildman–Crippen LogP) is 0.519. The van der Waals surface area contributed by atoms with Gasteiger partial charge in [-0.2, -0.15) is 5.06 Å². The predicted molar refractivity (Wildman–Crippen MR) is 44.3 cm³/mol. The maximum Gasteiger partial charge on any atom is 0.0946 e. The lowest BCUT2D eigenvalue weighted by Gasteiger charge is -2.17. The van der Waals surface area contributed by atoms with Crippen LogP contribution in [-0.2, 0) is 11.4 Å². The standard InChI is InChI=1S/C8H13N3O/c1-10-8(2-5-12-10)6-11-4-3-9-7-11/h3-4,7-8H,2,5-6H2,1H3. The second-order valence-electron chi connectivity index (χ2n) is 3.08. The van der Waals surface area contributed by atoms with Crippen molar-refractivity contribution in [3.05, 3.63) is 18.7 Å². The first-order valence-electron chi connectivity index (χ1n) is 4.18. The van der Waals surface area contributed by atoms with Gasteiger partial charge in [0.05, 0.1) is 19.0 Å². The Kier molecular flexibility index (Phi) is 2.10. The summed E-state index contributed by atoms with van der Waals surface area (Å²) >= 11 is 0. The Hall–Kier alpha value is -0.870. The molecule has 12 heavy (non-hydrogen) atoms. The van der Waals surface area contributed by atoms with Crippen molar-refractivity contribution in [1.82, 2.24) is 14.6 Å². The third-order valence-corrected chi connectivity index (χ3v) is 2.24. The van der Waals surface area contributed by atoms with Crippen LogP contribution < -0.4 is 0 Å². The fourth-order valence-corrected chi connectivity index (χ4v) is 1.46. The van der Waals surface area contributed by atoms with Gasteiger partial charge >= 0.3 is 0 Å². The molecule has 0 N–H and O–H groups in total. The molecule has 2 rings (SSSR count). The molecule has 0 spiro atoms. The van der Waals surface area contributed by atoms with E-state index in [4.69, 9.17) is 4.84 Å². The number of nitrogens with zero attached hydrogens (tertiary/aromatic N) is 3. The Morgan fingerprint density at radius 1 is 1.67 bits per heavy atom. The minimum absolute atomic E-state index is 0.499. The van der Waals surface area contributed by atoms with Crippen molar-refractivity contribution in [2.75, 3.05) is 13.7 Å². The van der Waals surface area contributed by atoms with E-state index in [1.165, 1.54) is 0 Å². The second kappa shape index (κ2) is 3.25. The van der Waals surface area contributed by atoms with E-state index in [-0.39, 0.29) is 0 Å². The molecular formula is C8H13N3O. The van der Waals surface area contributed by atoms with Crippen molar-refractivity contribution in [3.63, 3.8) is 0 Å². The summed E-state index contributed by atoms with van der Waals surface area (Å²) in [5.74, 6) is 0. The van der Waals surface area contributed by atoms with Crippen LogP contribution in [-0.4, -0.2) is 34.3 Å². The minimum Gasteiger partial charge on any atom is -0.336 e. The monoisotopic (exact) mass is 167 g/mol. The van der Waals surface area contributed by atoms with Gasteiger partial charge in [-0.15, -0.1) is 0 Å². The zero-order valence-corrected chi connectivity index (χ0v) is 7.18. The number of hydroxylamine groups is 2. The van der Waals surface area contributed by atoms with E-state index in [0.29, 0.717) is 6.04 Å². The molecular weight excluding hydrogens is 154 g/mol. The van der Waals surface area contributed by atoms with Gasteiger partial charge in [0.1, 0.15) is 0 Å². The third-order valence-electron chi connectivity index (χ3n) is 2.24. The summed E-state index contributed by atoms with van der Waals surface area (Å²) in [6.45, 7) is 1.81. The molecule has 0 aliphatic carbocycles. The molecule has 1 atom stereocenters. The SMILES string of the molecule is CN1OCCC1Cn1ccnc1. The van der Waals surface area contributed by atoms with Crippen LogP contribution in [0.5, 0.6) is 0 Å². The molecule has 0 bridgehead atoms. The van der Waals surface area contributed by atoms with Gasteiger partial charge in [0.15, 0.2) is 0 Å². The van der Waals surface area contributed by atoms with Gasteiger partial charge in [-0.1, -0.05) is 0 Å². The first-order chi connectivity index (χ1) is 5.86. The maximum atomic E-state index is 5.31. The zero-order valence-electron chi connectivity index (χ0n) is 7.18. The summed E-state index contributed by atoms with van der Waals surface area (Å²) in [5, 5.41) is 1.93. The molecule has 1 unspecified atom stereocenters. The van der Waals surface area contributed by atoms with Gasteiger partial charge in [0.2, 0.25) is 0 Å². The molecule has 1 aromatic rings. The second-order valence-corrected chi connectivity index (χ2v) is 3.08. The molecule has 1 aliphatic rings. The number of hydrogen-bond donors (Lipinski definition) is 0. The fourth-order valence-electron chi connectivity index (χ4n) is 1.46. The lowest BCUT2D eigenvalue weighted by Crippen LogP contribution is -2.27. The highest BCUT2D eigenvalue weighted by molar-refractivity contribution is 4.78. The molecule has 1 aliphatic heterocycles. The number of imidazole rings is 1. The maximum absolute atomic E-state index is 5.31. The van der Waals surface area contributed by atoms with Gasteiger partial charge in [0, 0.05) is 26.0 Å². The van der Waals surface area contributed by atoms with Crippen molar-refractivity contribution in [3.8, 4) is 0 Å². The molecule has 0 amide bonds. The number of hydrogen-bond acceptors (Lipinski definition) is 3. The highest BCUT2D eigenvalue weighted by atomic mass is 16.7. The van der Waals surface area contributed by atoms with Crippen LogP contribution in [0.1, 0.15) is 6.42 Å². The summed E-state index contributed by atoms with van der Waals surface area (Å²) in [5.41, 5.74) is 0. The van der Waals surface area contributed by atoms with Crippen LogP contribution in [0.4, 0.5) is 0 Å². The molecule has 0 aromatic carbocycles. The highest BCUT2D eigenvalue weighted by Gasteiger charge is 2.21. The van der Waals surface area contributed by atoms with Crippen LogP contribution in [0.3, 0.4) is 0 Å². The van der Waals surface area contributed by atoms with E-state index in [1.807, 2.05) is 24.6 Å². The first-order valence-corrected chi connectivity index (χ1v) is 4.18. The topological polar surface area (TPSA) is 30.3 Å². The van der Waals surface area contributed by atoms with Gasteiger partial charge in [-0.25, -0.2) is 4.98 Å². The van der Waals surface area contributed by atoms with Crippen molar-refractivity contribution >= 4 is 0 Å². The Morgan fingerprint density at radius 3 is 3.17 bits per heavy atom. The van der Waals surface area contributed by atoms with E-state index in [0.717, 1.165) is 19.6 Å². The highest BCUT2D eigenvalue weighted by Crippen LogP contribution is 2.13. The molecule has 0 radical (unpaired) electrons. The summed E-state index contributed by atoms with van der Waals surface area (Å²) in [7, 11) is 1.98. The van der Waals surface area contributed by atoms with E-state index in [1.54, 1.807) is 6.20 Å². The van der Waals surface area contributed by atoms with Gasteiger partial charge in [-0.3, -0.25) is 4.84 Å². The van der Waals surface area contributed by atoms with Crippen LogP contribution in [0, 0.1) is 0 Å². The zero-order chi connectivity index (χ0) is 8.39. The summed E-state index contributed by atoms with van der Waals surface area (Å²) in [6.07, 6.45) is 6.73. The van der Waals surface area contributed by atoms with E-state index in [2.05, 4.69) is 9.55 Å². The van der Waals surface area contributed by atoms with E-state index < -0.39 is 0 Å². The Morgan fingerprint density at radius 2 is 2.58 bits per heavy atom. The smallest absolute Gasteiger partial charge is 0.0946 e. The van der Waals surface area contributed by atoms with Gasteiger partial charge in [0.25, 0.3) is 0 Å². The van der Waals surface area contributed by atoms with Crippen LogP contribution in [0.15, 0.2) is 18.7 Å². The van der Waals surface area contributed by atoms with E-state index in [9.17, 15) is 0 Å². The third kappa shape index (κ3) is 1.49. The molecule has 1 fully saturated rings. The van der Waals surface area contributed by atoms with Gasteiger partial charge in [-0.05, 0) is 6.42 Å². The lowest BCUT2D eigenvalue weighted by molar-refractivity contribution is -0.112. The molecule has 66 valence electrons. The molecule has 0 saturated carbocycles.